The van der Waals surface area contributed by atoms with Crippen molar-refractivity contribution in [3.05, 3.63) is 0 Å². The molecule has 0 aromatic heterocycles. The second-order valence-corrected chi connectivity index (χ2v) is 8.05. The predicted octanol–water partition coefficient (Wildman–Crippen LogP) is 2.71. The fourth-order valence-corrected chi connectivity index (χ4v) is 0. The van der Waals surface area contributed by atoms with Crippen LogP contribution in [0.25, 0.3) is 0 Å². The van der Waals surface area contributed by atoms with Gasteiger partial charge in [0.1, 0.15) is 0 Å². The fraction of sp³-hybridized carbons (Fsp3) is 1.00. The molecular weight excluding hydrogens is 235 g/mol. The van der Waals surface area contributed by atoms with Gasteiger partial charge in [0.2, 0.25) is 0 Å². The van der Waals surface area contributed by atoms with E-state index < -0.39 is 0 Å². The number of rotatable bonds is 0. The van der Waals surface area contributed by atoms with Crippen LogP contribution in [0.1, 0.15) is 0 Å². The minimum absolute atomic E-state index is 0. The summed E-state index contributed by atoms with van der Waals surface area (Å²) in [4.78, 5) is 0. The molecule has 0 bridgehead atoms. The van der Waals surface area contributed by atoms with Gasteiger partial charge in [0, 0.05) is 19.5 Å². The monoisotopic (exact) mass is 254 g/mol. The van der Waals surface area contributed by atoms with E-state index in [-0.39, 0.29) is 19.5 Å². The molecule has 0 radical (unpaired) electrons. The first kappa shape index (κ1) is 16.8. The van der Waals surface area contributed by atoms with E-state index in [9.17, 15) is 0 Å². The summed E-state index contributed by atoms with van der Waals surface area (Å²) in [5.41, 5.74) is 0. The van der Waals surface area contributed by atoms with Crippen molar-refractivity contribution in [2.45, 2.75) is 0 Å². The molecular formula is C6H18P2Ru. The first-order valence-corrected chi connectivity index (χ1v) is 8.05. The van der Waals surface area contributed by atoms with Crippen molar-refractivity contribution in [1.82, 2.24) is 0 Å². The maximum atomic E-state index is 2.23. The third-order valence-electron chi connectivity index (χ3n) is 0. The van der Waals surface area contributed by atoms with E-state index in [1.165, 1.54) is 0 Å². The molecule has 0 aliphatic rings. The Morgan fingerprint density at radius 2 is 0.556 bits per heavy atom. The van der Waals surface area contributed by atoms with Gasteiger partial charge in [-0.3, -0.25) is 0 Å². The van der Waals surface area contributed by atoms with Crippen LogP contribution in [0, 0.1) is 0 Å². The molecule has 0 amide bonds. The quantitative estimate of drug-likeness (QED) is 0.460. The molecule has 0 rings (SSSR count). The molecule has 0 aromatic rings. The molecule has 0 saturated carbocycles. The van der Waals surface area contributed by atoms with E-state index in [4.69, 9.17) is 0 Å². The van der Waals surface area contributed by atoms with Crippen LogP contribution in [-0.4, -0.2) is 40.0 Å². The van der Waals surface area contributed by atoms with Crippen LogP contribution in [0.2, 0.25) is 0 Å². The molecule has 0 aliphatic heterocycles. The van der Waals surface area contributed by atoms with Gasteiger partial charge in [0.25, 0.3) is 0 Å². The summed E-state index contributed by atoms with van der Waals surface area (Å²) in [6, 6.07) is 0. The summed E-state index contributed by atoms with van der Waals surface area (Å²) in [5, 5.41) is 0. The molecule has 0 saturated heterocycles. The van der Waals surface area contributed by atoms with Crippen LogP contribution in [-0.2, 0) is 19.5 Å². The fourth-order valence-electron chi connectivity index (χ4n) is 0. The maximum absolute atomic E-state index is 2.23. The average Bonchev–Trinajstić information content (AvgIpc) is 1.25. The average molecular weight is 253 g/mol. The van der Waals surface area contributed by atoms with Gasteiger partial charge < -0.3 is 0 Å². The van der Waals surface area contributed by atoms with E-state index in [0.717, 1.165) is 0 Å². The Morgan fingerprint density at radius 3 is 0.556 bits per heavy atom. The van der Waals surface area contributed by atoms with Gasteiger partial charge in [-0.1, -0.05) is 0 Å². The van der Waals surface area contributed by atoms with Gasteiger partial charge >= 0.3 is 0 Å². The summed E-state index contributed by atoms with van der Waals surface area (Å²) < 4.78 is 0. The van der Waals surface area contributed by atoms with Gasteiger partial charge in [-0.15, -0.1) is 15.8 Å². The first-order chi connectivity index (χ1) is 3.46. The Kier molecular flexibility index (Phi) is 22.8. The van der Waals surface area contributed by atoms with E-state index in [0.29, 0.717) is 15.8 Å². The third-order valence-corrected chi connectivity index (χ3v) is 0. The van der Waals surface area contributed by atoms with Crippen LogP contribution in [0.15, 0.2) is 0 Å². The molecule has 0 aromatic carbocycles. The minimum atomic E-state index is 0. The van der Waals surface area contributed by atoms with Crippen molar-refractivity contribution in [3.63, 3.8) is 0 Å². The zero-order chi connectivity index (χ0) is 7.15. The van der Waals surface area contributed by atoms with E-state index in [2.05, 4.69) is 40.0 Å². The normalized spacial score (nSPS) is 8.00. The molecule has 0 N–H and O–H groups in total. The number of hydrogen-bond acceptors (Lipinski definition) is 0. The molecule has 0 spiro atoms. The molecule has 0 atom stereocenters. The minimum Gasteiger partial charge on any atom is -0.116 e. The summed E-state index contributed by atoms with van der Waals surface area (Å²) in [6.07, 6.45) is 0. The maximum Gasteiger partial charge on any atom is 0 e. The number of hydrogen-bond donors (Lipinski definition) is 0. The molecule has 0 fully saturated rings. The summed E-state index contributed by atoms with van der Waals surface area (Å²) in [7, 11) is 0.759. The van der Waals surface area contributed by atoms with E-state index in [1.54, 1.807) is 0 Å². The van der Waals surface area contributed by atoms with E-state index in [1.807, 2.05) is 0 Å². The van der Waals surface area contributed by atoms with Gasteiger partial charge in [-0.2, -0.15) is 0 Å². The largest absolute Gasteiger partial charge is 0.116 e. The molecule has 0 nitrogen and oxygen atoms in total. The summed E-state index contributed by atoms with van der Waals surface area (Å²) in [6.45, 7) is 13.4. The Morgan fingerprint density at radius 1 is 0.556 bits per heavy atom. The molecule has 0 aliphatic carbocycles. The second kappa shape index (κ2) is 12.2. The standard InChI is InChI=1S/2C3H9P.Ru/c2*1-4(2)3;/h2*1-3H3;. The van der Waals surface area contributed by atoms with Crippen LogP contribution in [0.3, 0.4) is 0 Å². The van der Waals surface area contributed by atoms with Crippen molar-refractivity contribution in [2.24, 2.45) is 0 Å². The van der Waals surface area contributed by atoms with Gasteiger partial charge in [-0.25, -0.2) is 0 Å². The van der Waals surface area contributed by atoms with Crippen LogP contribution in [0.5, 0.6) is 0 Å². The zero-order valence-corrected chi connectivity index (χ0v) is 10.8. The smallest absolute Gasteiger partial charge is 0 e. The summed E-state index contributed by atoms with van der Waals surface area (Å²) in [5.74, 6) is 0. The summed E-state index contributed by atoms with van der Waals surface area (Å²) >= 11 is 0. The van der Waals surface area contributed by atoms with Gasteiger partial charge in [-0.05, 0) is 40.0 Å². The molecule has 0 heterocycles. The third kappa shape index (κ3) is 241. The Labute approximate surface area is 75.5 Å². The van der Waals surface area contributed by atoms with Crippen molar-refractivity contribution in [1.29, 1.82) is 0 Å². The SMILES string of the molecule is CP(C)C.CP(C)C.[Ru]. The second-order valence-electron chi connectivity index (χ2n) is 2.68. The topological polar surface area (TPSA) is 0 Å². The van der Waals surface area contributed by atoms with Crippen molar-refractivity contribution in [2.75, 3.05) is 40.0 Å². The molecule has 0 unspecified atom stereocenters. The van der Waals surface area contributed by atoms with Gasteiger partial charge in [0.15, 0.2) is 0 Å². The van der Waals surface area contributed by atoms with Crippen LogP contribution >= 0.6 is 15.8 Å². The van der Waals surface area contributed by atoms with Crippen molar-refractivity contribution >= 4 is 15.8 Å². The van der Waals surface area contributed by atoms with Crippen molar-refractivity contribution < 1.29 is 19.5 Å². The van der Waals surface area contributed by atoms with Crippen LogP contribution in [0.4, 0.5) is 0 Å². The van der Waals surface area contributed by atoms with Crippen LogP contribution < -0.4 is 0 Å². The molecule has 60 valence electrons. The molecule has 9 heavy (non-hydrogen) atoms. The Bertz CT molecular complexity index is 26.5. The first-order valence-electron chi connectivity index (χ1n) is 2.68. The Balaban J connectivity index is -0.0000000720. The van der Waals surface area contributed by atoms with Crippen molar-refractivity contribution in [3.8, 4) is 0 Å². The Hall–Kier alpha value is 1.48. The van der Waals surface area contributed by atoms with Gasteiger partial charge in [0.05, 0.1) is 0 Å². The van der Waals surface area contributed by atoms with E-state index >= 15 is 0 Å². The molecule has 3 heteroatoms. The zero-order valence-electron chi connectivity index (χ0n) is 7.25. The predicted molar refractivity (Wildman–Crippen MR) is 49.4 cm³/mol.